The van der Waals surface area contributed by atoms with E-state index >= 15 is 0 Å². The summed E-state index contributed by atoms with van der Waals surface area (Å²) >= 11 is 11.8. The van der Waals surface area contributed by atoms with Crippen LogP contribution in [0.2, 0.25) is 10.0 Å². The highest BCUT2D eigenvalue weighted by Crippen LogP contribution is 2.30. The highest BCUT2D eigenvalue weighted by atomic mass is 35.5. The van der Waals surface area contributed by atoms with E-state index in [-0.39, 0.29) is 44.8 Å². The molecular weight excluding hydrogens is 860 g/mol. The average molecular weight is 886 g/mol. The highest BCUT2D eigenvalue weighted by Gasteiger charge is 2.34. The number of Topliss-reactive ketones (excluding diaryl/α,β-unsaturated/α-hetero) is 2. The number of anilines is 4. The molecule has 16 nitrogen and oxygen atoms in total. The minimum Gasteiger partial charge on any atom is -0.322 e. The third-order valence-corrected chi connectivity index (χ3v) is 11.1. The summed E-state index contributed by atoms with van der Waals surface area (Å²) in [6.07, 6.45) is 2.10. The Hall–Kier alpha value is -6.80. The van der Waals surface area contributed by atoms with Crippen molar-refractivity contribution in [2.75, 3.05) is 21.5 Å². The molecule has 0 heterocycles. The Morgan fingerprint density at radius 1 is 0.500 bits per heavy atom. The van der Waals surface area contributed by atoms with E-state index in [2.05, 4.69) is 31.7 Å². The first-order chi connectivity index (χ1) is 28.4. The Bertz CT molecular complexity index is 2800. The molecular formula is C40H26Cl2N6O10S2. The Morgan fingerprint density at radius 3 is 1.17 bits per heavy atom. The quantitative estimate of drug-likeness (QED) is 0.0598. The summed E-state index contributed by atoms with van der Waals surface area (Å²) in [6.45, 7) is 0. The van der Waals surface area contributed by atoms with Gasteiger partial charge in [0.25, 0.3) is 32.1 Å². The van der Waals surface area contributed by atoms with Crippen LogP contribution in [-0.4, -0.2) is 60.7 Å². The number of carbonyl (C=O) groups excluding carboxylic acids is 4. The van der Waals surface area contributed by atoms with Crippen molar-refractivity contribution >= 4 is 113 Å². The molecule has 0 saturated heterocycles. The van der Waals surface area contributed by atoms with Crippen molar-refractivity contribution in [3.05, 3.63) is 162 Å². The van der Waals surface area contributed by atoms with E-state index in [1.54, 1.807) is 48.5 Å². The van der Waals surface area contributed by atoms with Crippen LogP contribution in [0.25, 0.3) is 12.2 Å². The predicted octanol–water partition coefficient (Wildman–Crippen LogP) is 7.28. The second kappa shape index (κ2) is 16.5. The molecule has 20 heteroatoms. The minimum absolute atomic E-state index is 0.0500. The largest absolute Gasteiger partial charge is 0.322 e. The van der Waals surface area contributed by atoms with Crippen LogP contribution in [0.1, 0.15) is 52.6 Å². The second-order valence-corrected chi connectivity index (χ2v) is 16.5. The summed E-state index contributed by atoms with van der Waals surface area (Å²) < 4.78 is 69.0. The van der Waals surface area contributed by atoms with E-state index in [4.69, 9.17) is 23.2 Å². The molecule has 5 aromatic carbocycles. The van der Waals surface area contributed by atoms with Gasteiger partial charge in [0.15, 0.2) is 11.4 Å². The molecule has 2 aliphatic carbocycles. The van der Waals surface area contributed by atoms with E-state index in [1.165, 1.54) is 60.7 Å². The van der Waals surface area contributed by atoms with Gasteiger partial charge in [-0.25, -0.2) is 0 Å². The van der Waals surface area contributed by atoms with Crippen LogP contribution in [0.4, 0.5) is 22.7 Å². The van der Waals surface area contributed by atoms with Crippen molar-refractivity contribution in [3.8, 4) is 0 Å². The van der Waals surface area contributed by atoms with Crippen molar-refractivity contribution in [2.24, 2.45) is 10.2 Å². The lowest BCUT2D eigenvalue weighted by molar-refractivity contribution is 0.101. The number of benzene rings is 5. The van der Waals surface area contributed by atoms with Gasteiger partial charge in [0.2, 0.25) is 11.6 Å². The Kier molecular flexibility index (Phi) is 11.3. The van der Waals surface area contributed by atoms with Crippen molar-refractivity contribution in [1.82, 2.24) is 0 Å². The van der Waals surface area contributed by atoms with Gasteiger partial charge in [0.1, 0.15) is 9.81 Å². The fraction of sp³-hybridized carbons (Fsp3) is 0. The van der Waals surface area contributed by atoms with Crippen LogP contribution in [0, 0.1) is 0 Å². The van der Waals surface area contributed by atoms with Gasteiger partial charge in [-0.15, -0.1) is 0 Å². The zero-order chi connectivity index (χ0) is 42.9. The summed E-state index contributed by atoms with van der Waals surface area (Å²) in [7, 11) is -9.85. The number of ketones is 2. The average Bonchev–Trinajstić information content (AvgIpc) is 3.20. The van der Waals surface area contributed by atoms with Gasteiger partial charge in [-0.05, 0) is 132 Å². The number of amides is 2. The topological polar surface area (TPSA) is 250 Å². The molecule has 2 amide bonds. The molecule has 302 valence electrons. The number of hydrazone groups is 2. The molecule has 0 radical (unpaired) electrons. The summed E-state index contributed by atoms with van der Waals surface area (Å²) in [5, 5.41) is 14.0. The lowest BCUT2D eigenvalue weighted by Gasteiger charge is -2.17. The fourth-order valence-corrected chi connectivity index (χ4v) is 7.47. The van der Waals surface area contributed by atoms with Gasteiger partial charge in [0, 0.05) is 43.7 Å². The normalized spacial score (nSPS) is 15.1. The lowest BCUT2D eigenvalue weighted by Crippen LogP contribution is -2.27. The molecule has 0 atom stereocenters. The highest BCUT2D eigenvalue weighted by molar-refractivity contribution is 7.91. The van der Waals surface area contributed by atoms with Crippen LogP contribution < -0.4 is 21.5 Å². The zero-order valence-electron chi connectivity index (χ0n) is 30.2. The third kappa shape index (κ3) is 9.08. The number of hydrogen-bond donors (Lipinski definition) is 6. The second-order valence-electron chi connectivity index (χ2n) is 12.9. The maximum absolute atomic E-state index is 13.3. The van der Waals surface area contributed by atoms with Gasteiger partial charge in [-0.1, -0.05) is 23.2 Å². The molecule has 0 saturated carbocycles. The zero-order valence-corrected chi connectivity index (χ0v) is 33.3. The summed E-state index contributed by atoms with van der Waals surface area (Å²) in [5.74, 6) is -2.85. The van der Waals surface area contributed by atoms with Gasteiger partial charge < -0.3 is 10.6 Å². The Balaban J connectivity index is 1.04. The molecule has 0 spiro atoms. The third-order valence-electron chi connectivity index (χ3n) is 8.83. The first kappa shape index (κ1) is 41.4. The van der Waals surface area contributed by atoms with E-state index in [9.17, 15) is 45.1 Å². The number of allylic oxidation sites excluding steroid dienone is 2. The van der Waals surface area contributed by atoms with Crippen LogP contribution in [0.5, 0.6) is 0 Å². The van der Waals surface area contributed by atoms with E-state index < -0.39 is 64.9 Å². The summed E-state index contributed by atoms with van der Waals surface area (Å²) in [5.41, 5.74) is 5.66. The van der Waals surface area contributed by atoms with E-state index in [1.807, 2.05) is 0 Å². The molecule has 0 bridgehead atoms. The number of rotatable bonds is 10. The maximum atomic E-state index is 13.3. The van der Waals surface area contributed by atoms with E-state index in [0.717, 1.165) is 12.2 Å². The number of carbonyl (C=O) groups is 4. The molecule has 60 heavy (non-hydrogen) atoms. The monoisotopic (exact) mass is 884 g/mol. The smallest absolute Gasteiger partial charge is 0.296 e. The van der Waals surface area contributed by atoms with Gasteiger partial charge >= 0.3 is 0 Å². The number of hydrogen-bond acceptors (Lipinski definition) is 12. The first-order valence-corrected chi connectivity index (χ1v) is 20.8. The number of nitrogens with one attached hydrogen (secondary N) is 4. The van der Waals surface area contributed by atoms with Crippen LogP contribution in [-0.2, 0) is 20.2 Å². The fourth-order valence-electron chi connectivity index (χ4n) is 5.91. The molecule has 0 aliphatic heterocycles. The minimum atomic E-state index is -4.93. The van der Waals surface area contributed by atoms with Crippen LogP contribution in [0.15, 0.2) is 129 Å². The number of halogens is 2. The van der Waals surface area contributed by atoms with E-state index in [0.29, 0.717) is 21.4 Å². The lowest BCUT2D eigenvalue weighted by atomic mass is 9.94. The van der Waals surface area contributed by atoms with Gasteiger partial charge in [0.05, 0.1) is 11.4 Å². The van der Waals surface area contributed by atoms with Crippen molar-refractivity contribution in [2.45, 2.75) is 0 Å². The summed E-state index contributed by atoms with van der Waals surface area (Å²) in [6, 6.07) is 26.1. The number of fused-ring (bicyclic) bond motifs is 2. The molecule has 0 aromatic heterocycles. The van der Waals surface area contributed by atoms with Crippen LogP contribution in [0.3, 0.4) is 0 Å². The molecule has 7 rings (SSSR count). The molecule has 6 N–H and O–H groups in total. The molecule has 0 fully saturated rings. The maximum Gasteiger partial charge on any atom is 0.296 e. The Morgan fingerprint density at radius 2 is 0.833 bits per heavy atom. The first-order valence-electron chi connectivity index (χ1n) is 17.1. The summed E-state index contributed by atoms with van der Waals surface area (Å²) in [4.78, 5) is 51.5. The molecule has 0 unspecified atom stereocenters. The van der Waals surface area contributed by atoms with Gasteiger partial charge in [-0.2, -0.15) is 27.0 Å². The van der Waals surface area contributed by atoms with Crippen molar-refractivity contribution in [3.63, 3.8) is 0 Å². The van der Waals surface area contributed by atoms with Crippen molar-refractivity contribution in [1.29, 1.82) is 0 Å². The molecule has 2 aliphatic rings. The standard InChI is InChI=1S/C40H26Cl2N6O10S2/c41-25-5-9-27(10-6-25)45-47-35-33(59(53,54)55)19-23-17-29(13-15-31(23)37(35)49)43-39(51)21-1-2-22(4-3-21)40(52)44-30-14-16-32-24(18-30)20-34(60(56,57)58)36(38(32)50)48-46-28-11-7-26(42)8-12-28/h1-20,45-46H,(H,43,51)(H,44,52)(H,53,54,55)(H,56,57,58)/b47-35-,48-36-. The molecule has 5 aromatic rings. The Labute approximate surface area is 350 Å². The number of nitrogens with zero attached hydrogens (tertiary/aromatic N) is 2. The van der Waals surface area contributed by atoms with Gasteiger partial charge in [-0.3, -0.25) is 39.1 Å². The van der Waals surface area contributed by atoms with Crippen molar-refractivity contribution < 1.29 is 45.1 Å². The van der Waals surface area contributed by atoms with Crippen LogP contribution >= 0.6 is 23.2 Å². The SMILES string of the molecule is O=C(Nc1ccc2c(c1)C=C(S(=O)(=O)O)/C(=N/Nc1ccc(Cl)cc1)C2=O)c1ccc(C(=O)Nc2ccc3c(c2)C=C(S(=O)(=O)O)/C(=N/Nc2ccc(Cl)cc2)C3=O)cc1. The predicted molar refractivity (Wildman–Crippen MR) is 228 cm³/mol.